The molecule has 0 aromatic carbocycles. The first-order chi connectivity index (χ1) is 16.7. The summed E-state index contributed by atoms with van der Waals surface area (Å²) in [4.78, 5) is 5.53. The summed E-state index contributed by atoms with van der Waals surface area (Å²) in [5.41, 5.74) is 0.976. The molecule has 0 atom stereocenters. The molecule has 0 aromatic rings. The van der Waals surface area contributed by atoms with Gasteiger partial charge >= 0.3 is 0 Å². The molecule has 202 valence electrons. The molecule has 34 heavy (non-hydrogen) atoms. The van der Waals surface area contributed by atoms with Gasteiger partial charge in [0.15, 0.2) is 0 Å². The van der Waals surface area contributed by atoms with Gasteiger partial charge in [-0.15, -0.1) is 0 Å². The first kappa shape index (κ1) is 30.1. The highest BCUT2D eigenvalue weighted by Crippen LogP contribution is 2.37. The smallest absolute Gasteiger partial charge is 0.0221 e. The second kappa shape index (κ2) is 17.3. The number of nitrogens with one attached hydrogen (secondary N) is 2. The van der Waals surface area contributed by atoms with E-state index in [1.54, 1.807) is 0 Å². The maximum Gasteiger partial charge on any atom is 0.0221 e. The predicted octanol–water partition coefficient (Wildman–Crippen LogP) is 6.60. The zero-order valence-corrected chi connectivity index (χ0v) is 23.9. The van der Waals surface area contributed by atoms with E-state index >= 15 is 0 Å². The van der Waals surface area contributed by atoms with Gasteiger partial charge in [-0.3, -0.25) is 9.80 Å². The summed E-state index contributed by atoms with van der Waals surface area (Å²) >= 11 is 0. The predicted molar refractivity (Wildman–Crippen MR) is 151 cm³/mol. The highest BCUT2D eigenvalue weighted by Gasteiger charge is 2.36. The Morgan fingerprint density at radius 3 is 1.15 bits per heavy atom. The topological polar surface area (TPSA) is 30.5 Å². The third-order valence-corrected chi connectivity index (χ3v) is 9.43. The van der Waals surface area contributed by atoms with Crippen LogP contribution < -0.4 is 10.6 Å². The average Bonchev–Trinajstić information content (AvgIpc) is 2.87. The third-order valence-electron chi connectivity index (χ3n) is 9.43. The van der Waals surface area contributed by atoms with Crippen LogP contribution in [-0.4, -0.2) is 73.2 Å². The van der Waals surface area contributed by atoms with Crippen molar-refractivity contribution in [2.75, 3.05) is 52.4 Å². The second-order valence-electron chi connectivity index (χ2n) is 11.3. The largest absolute Gasteiger partial charge is 0.317 e. The van der Waals surface area contributed by atoms with Crippen molar-refractivity contribution in [1.29, 1.82) is 0 Å². The van der Waals surface area contributed by atoms with Crippen LogP contribution in [0.3, 0.4) is 0 Å². The molecule has 2 rings (SSSR count). The van der Waals surface area contributed by atoms with E-state index in [1.807, 2.05) is 0 Å². The Kier molecular flexibility index (Phi) is 15.3. The van der Waals surface area contributed by atoms with Crippen LogP contribution in [0.5, 0.6) is 0 Å². The van der Waals surface area contributed by atoms with Crippen LogP contribution in [0.1, 0.15) is 130 Å². The summed E-state index contributed by atoms with van der Waals surface area (Å²) in [7, 11) is 0. The Labute approximate surface area is 214 Å². The Bertz CT molecular complexity index is 430. The average molecular weight is 479 g/mol. The van der Waals surface area contributed by atoms with E-state index in [1.165, 1.54) is 155 Å². The minimum Gasteiger partial charge on any atom is -0.317 e. The maximum atomic E-state index is 3.79. The lowest BCUT2D eigenvalue weighted by molar-refractivity contribution is 0.0513. The normalized spacial score (nSPS) is 20.3. The van der Waals surface area contributed by atoms with E-state index in [0.29, 0.717) is 11.1 Å². The number of nitrogens with zero attached hydrogens (tertiary/aromatic N) is 2. The van der Waals surface area contributed by atoms with Crippen LogP contribution >= 0.6 is 0 Å². The van der Waals surface area contributed by atoms with Crippen molar-refractivity contribution in [2.45, 2.75) is 142 Å². The summed E-state index contributed by atoms with van der Waals surface area (Å²) in [6.45, 7) is 19.0. The highest BCUT2D eigenvalue weighted by atomic mass is 15.2. The molecule has 0 heterocycles. The van der Waals surface area contributed by atoms with Gasteiger partial charge in [0.1, 0.15) is 0 Å². The van der Waals surface area contributed by atoms with E-state index in [9.17, 15) is 0 Å². The first-order valence-electron chi connectivity index (χ1n) is 15.6. The fourth-order valence-electron chi connectivity index (χ4n) is 7.40. The van der Waals surface area contributed by atoms with Crippen LogP contribution in [0.2, 0.25) is 0 Å². The minimum atomic E-state index is 0.488. The first-order valence-corrected chi connectivity index (χ1v) is 15.6. The molecule has 0 spiro atoms. The zero-order valence-electron chi connectivity index (χ0n) is 23.9. The van der Waals surface area contributed by atoms with Crippen LogP contribution in [0, 0.1) is 0 Å². The van der Waals surface area contributed by atoms with Crippen LogP contribution in [-0.2, 0) is 0 Å². The molecule has 2 aliphatic carbocycles. The second-order valence-corrected chi connectivity index (χ2v) is 11.3. The van der Waals surface area contributed by atoms with Gasteiger partial charge in [0, 0.05) is 11.1 Å². The minimum absolute atomic E-state index is 0.488. The molecule has 0 amide bonds. The zero-order chi connectivity index (χ0) is 24.5. The van der Waals surface area contributed by atoms with Gasteiger partial charge in [0.2, 0.25) is 0 Å². The fraction of sp³-hybridized carbons (Fsp3) is 1.00. The molecule has 4 heteroatoms. The molecule has 2 saturated carbocycles. The highest BCUT2D eigenvalue weighted by molar-refractivity contribution is 4.94. The van der Waals surface area contributed by atoms with Crippen molar-refractivity contribution in [3.05, 3.63) is 0 Å². The van der Waals surface area contributed by atoms with Crippen LogP contribution in [0.25, 0.3) is 0 Å². The van der Waals surface area contributed by atoms with Gasteiger partial charge in [-0.05, 0) is 104 Å². The molecule has 4 nitrogen and oxygen atoms in total. The number of rotatable bonds is 19. The molecule has 0 unspecified atom stereocenters. The number of hydrogen-bond acceptors (Lipinski definition) is 4. The van der Waals surface area contributed by atoms with E-state index in [2.05, 4.69) is 48.1 Å². The lowest BCUT2D eigenvalue weighted by Gasteiger charge is -2.46. The molecule has 0 bridgehead atoms. The quantitative estimate of drug-likeness (QED) is 0.205. The SMILES string of the molecule is CCN(CC)C1(CCNCCCCCCNCCC2(N(CC)CC)CCCCC2)CCCCC1. The van der Waals surface area contributed by atoms with Crippen molar-refractivity contribution in [2.24, 2.45) is 0 Å². The molecule has 0 aliphatic heterocycles. The van der Waals surface area contributed by atoms with Crippen molar-refractivity contribution in [3.8, 4) is 0 Å². The summed E-state index contributed by atoms with van der Waals surface area (Å²) < 4.78 is 0. The summed E-state index contributed by atoms with van der Waals surface area (Å²) in [6, 6.07) is 0. The fourth-order valence-corrected chi connectivity index (χ4v) is 7.40. The Hall–Kier alpha value is -0.160. The van der Waals surface area contributed by atoms with Crippen molar-refractivity contribution in [3.63, 3.8) is 0 Å². The van der Waals surface area contributed by atoms with E-state index in [-0.39, 0.29) is 0 Å². The van der Waals surface area contributed by atoms with Crippen molar-refractivity contribution >= 4 is 0 Å². The third kappa shape index (κ3) is 9.37. The van der Waals surface area contributed by atoms with Gasteiger partial charge in [0.05, 0.1) is 0 Å². The molecule has 0 aromatic heterocycles. The van der Waals surface area contributed by atoms with E-state index in [0.717, 1.165) is 0 Å². The Morgan fingerprint density at radius 2 is 0.824 bits per heavy atom. The molecule has 2 N–H and O–H groups in total. The molecular formula is C30H62N4. The lowest BCUT2D eigenvalue weighted by Crippen LogP contribution is -2.51. The van der Waals surface area contributed by atoms with Gasteiger partial charge in [-0.2, -0.15) is 0 Å². The standard InChI is InChI=1S/C30H62N4/c1-5-33(6-2)29(19-13-11-14-20-29)23-27-31-25-17-9-10-18-26-32-28-24-30(34(7-3)8-4)21-15-12-16-22-30/h31-32H,5-28H2,1-4H3. The Morgan fingerprint density at radius 1 is 0.471 bits per heavy atom. The van der Waals surface area contributed by atoms with Crippen LogP contribution in [0.4, 0.5) is 0 Å². The molecule has 0 saturated heterocycles. The lowest BCUT2D eigenvalue weighted by atomic mass is 9.77. The molecule has 2 fully saturated rings. The van der Waals surface area contributed by atoms with Crippen molar-refractivity contribution < 1.29 is 0 Å². The summed E-state index contributed by atoms with van der Waals surface area (Å²) in [6.07, 6.45) is 22.4. The van der Waals surface area contributed by atoms with Gasteiger partial charge < -0.3 is 10.6 Å². The monoisotopic (exact) mass is 478 g/mol. The van der Waals surface area contributed by atoms with Crippen molar-refractivity contribution in [1.82, 2.24) is 20.4 Å². The molecular weight excluding hydrogens is 416 g/mol. The molecule has 0 radical (unpaired) electrons. The Balaban J connectivity index is 1.50. The number of unbranched alkanes of at least 4 members (excludes halogenated alkanes) is 3. The van der Waals surface area contributed by atoms with E-state index in [4.69, 9.17) is 0 Å². The van der Waals surface area contributed by atoms with Gasteiger partial charge in [0.25, 0.3) is 0 Å². The van der Waals surface area contributed by atoms with Gasteiger partial charge in [-0.1, -0.05) is 79.1 Å². The van der Waals surface area contributed by atoms with Crippen LogP contribution in [0.15, 0.2) is 0 Å². The van der Waals surface area contributed by atoms with Gasteiger partial charge in [-0.25, -0.2) is 0 Å². The summed E-state index contributed by atoms with van der Waals surface area (Å²) in [5, 5.41) is 7.57. The molecule has 2 aliphatic rings. The van der Waals surface area contributed by atoms with E-state index < -0.39 is 0 Å². The summed E-state index contributed by atoms with van der Waals surface area (Å²) in [5.74, 6) is 0. The maximum absolute atomic E-state index is 3.79. The number of hydrogen-bond donors (Lipinski definition) is 2.